The number of amides is 1. The molecule has 112 valence electrons. The maximum Gasteiger partial charge on any atom is 0.273 e. The van der Waals surface area contributed by atoms with Crippen molar-refractivity contribution in [2.75, 3.05) is 6.54 Å². The highest BCUT2D eigenvalue weighted by Gasteiger charge is 2.19. The molecule has 3 aromatic heterocycles. The zero-order valence-electron chi connectivity index (χ0n) is 11.8. The number of thiazole rings is 1. The van der Waals surface area contributed by atoms with Crippen LogP contribution in [0, 0.1) is 0 Å². The van der Waals surface area contributed by atoms with Crippen LogP contribution < -0.4 is 0 Å². The third-order valence-corrected chi connectivity index (χ3v) is 4.74. The summed E-state index contributed by atoms with van der Waals surface area (Å²) >= 11 is 3.04. The van der Waals surface area contributed by atoms with Gasteiger partial charge in [-0.25, -0.2) is 4.98 Å². The van der Waals surface area contributed by atoms with Crippen LogP contribution in [-0.2, 0) is 6.54 Å². The van der Waals surface area contributed by atoms with Crippen LogP contribution in [0.5, 0.6) is 0 Å². The van der Waals surface area contributed by atoms with Gasteiger partial charge in [0.1, 0.15) is 5.69 Å². The molecule has 4 nitrogen and oxygen atoms in total. The van der Waals surface area contributed by atoms with Gasteiger partial charge in [0.25, 0.3) is 5.91 Å². The highest BCUT2D eigenvalue weighted by Crippen LogP contribution is 2.25. The number of carbonyl (C=O) groups is 1. The zero-order valence-corrected chi connectivity index (χ0v) is 13.4. The molecule has 0 saturated heterocycles. The van der Waals surface area contributed by atoms with Crippen LogP contribution in [-0.4, -0.2) is 22.3 Å². The van der Waals surface area contributed by atoms with Crippen molar-refractivity contribution in [2.24, 2.45) is 0 Å². The van der Waals surface area contributed by atoms with Gasteiger partial charge in [0.05, 0.1) is 12.8 Å². The molecule has 3 rings (SSSR count). The summed E-state index contributed by atoms with van der Waals surface area (Å²) in [5.41, 5.74) is 0.440. The van der Waals surface area contributed by atoms with Gasteiger partial charge >= 0.3 is 0 Å². The van der Waals surface area contributed by atoms with Gasteiger partial charge in [0, 0.05) is 16.8 Å². The number of aromatic nitrogens is 1. The van der Waals surface area contributed by atoms with E-state index in [0.717, 1.165) is 4.88 Å². The Morgan fingerprint density at radius 2 is 2.27 bits per heavy atom. The lowest BCUT2D eigenvalue weighted by Crippen LogP contribution is -2.30. The van der Waals surface area contributed by atoms with Gasteiger partial charge in [-0.2, -0.15) is 0 Å². The van der Waals surface area contributed by atoms with E-state index < -0.39 is 0 Å². The van der Waals surface area contributed by atoms with Crippen LogP contribution in [0.25, 0.3) is 10.8 Å². The van der Waals surface area contributed by atoms with Crippen molar-refractivity contribution in [3.05, 3.63) is 64.5 Å². The zero-order chi connectivity index (χ0) is 15.4. The highest BCUT2D eigenvalue weighted by atomic mass is 32.1. The van der Waals surface area contributed by atoms with Gasteiger partial charge in [0.2, 0.25) is 0 Å². The van der Waals surface area contributed by atoms with E-state index in [1.807, 2.05) is 23.6 Å². The molecule has 0 aliphatic carbocycles. The van der Waals surface area contributed by atoms with Gasteiger partial charge in [-0.15, -0.1) is 29.3 Å². The smallest absolute Gasteiger partial charge is 0.273 e. The summed E-state index contributed by atoms with van der Waals surface area (Å²) in [6, 6.07) is 7.64. The SMILES string of the molecule is C=CCN(Cc1cccs1)C(=O)c1csc(-c2ccco2)n1. The quantitative estimate of drug-likeness (QED) is 0.633. The van der Waals surface area contributed by atoms with Crippen molar-refractivity contribution in [2.45, 2.75) is 6.54 Å². The van der Waals surface area contributed by atoms with Crippen molar-refractivity contribution in [1.82, 2.24) is 9.88 Å². The Labute approximate surface area is 136 Å². The summed E-state index contributed by atoms with van der Waals surface area (Å²) in [5, 5.41) is 4.48. The van der Waals surface area contributed by atoms with Crippen molar-refractivity contribution in [1.29, 1.82) is 0 Å². The van der Waals surface area contributed by atoms with Crippen LogP contribution in [0.4, 0.5) is 0 Å². The fourth-order valence-corrected chi connectivity index (χ4v) is 3.49. The first kappa shape index (κ1) is 14.7. The largest absolute Gasteiger partial charge is 0.462 e. The van der Waals surface area contributed by atoms with Crippen molar-refractivity contribution in [3.8, 4) is 10.8 Å². The lowest BCUT2D eigenvalue weighted by atomic mass is 10.3. The monoisotopic (exact) mass is 330 g/mol. The molecule has 22 heavy (non-hydrogen) atoms. The van der Waals surface area contributed by atoms with Gasteiger partial charge in [-0.1, -0.05) is 12.1 Å². The molecule has 3 aromatic rings. The second kappa shape index (κ2) is 6.72. The lowest BCUT2D eigenvalue weighted by Gasteiger charge is -2.19. The fourth-order valence-electron chi connectivity index (χ4n) is 2.01. The summed E-state index contributed by atoms with van der Waals surface area (Å²) in [5.74, 6) is 0.583. The number of thiophene rings is 1. The minimum absolute atomic E-state index is 0.0950. The first-order chi connectivity index (χ1) is 10.8. The first-order valence-electron chi connectivity index (χ1n) is 6.70. The molecule has 6 heteroatoms. The van der Waals surface area contributed by atoms with Gasteiger partial charge in [0.15, 0.2) is 10.8 Å². The number of hydrogen-bond donors (Lipinski definition) is 0. The molecule has 3 heterocycles. The maximum atomic E-state index is 12.6. The van der Waals surface area contributed by atoms with E-state index in [-0.39, 0.29) is 5.91 Å². The number of furan rings is 1. The maximum absolute atomic E-state index is 12.6. The molecular weight excluding hydrogens is 316 g/mol. The average Bonchev–Trinajstić information content (AvgIpc) is 3.26. The summed E-state index contributed by atoms with van der Waals surface area (Å²) in [6.07, 6.45) is 3.32. The molecule has 0 aliphatic rings. The number of rotatable bonds is 6. The van der Waals surface area contributed by atoms with Crippen LogP contribution in [0.15, 0.2) is 58.4 Å². The molecule has 0 bridgehead atoms. The highest BCUT2D eigenvalue weighted by molar-refractivity contribution is 7.13. The summed E-state index contributed by atoms with van der Waals surface area (Å²) in [4.78, 5) is 19.9. The molecule has 0 spiro atoms. The second-order valence-corrected chi connectivity index (χ2v) is 6.46. The Hall–Kier alpha value is -2.18. The summed E-state index contributed by atoms with van der Waals surface area (Å²) in [6.45, 7) is 4.78. The van der Waals surface area contributed by atoms with E-state index in [1.54, 1.807) is 40.0 Å². The van der Waals surface area contributed by atoms with Crippen LogP contribution in [0.1, 0.15) is 15.4 Å². The van der Waals surface area contributed by atoms with E-state index in [2.05, 4.69) is 11.6 Å². The fraction of sp³-hybridized carbons (Fsp3) is 0.125. The summed E-state index contributed by atoms with van der Waals surface area (Å²) in [7, 11) is 0. The topological polar surface area (TPSA) is 46.3 Å². The van der Waals surface area contributed by atoms with Crippen LogP contribution in [0.2, 0.25) is 0 Å². The van der Waals surface area contributed by atoms with E-state index in [4.69, 9.17) is 4.42 Å². The van der Waals surface area contributed by atoms with Gasteiger partial charge in [-0.05, 0) is 23.6 Å². The summed E-state index contributed by atoms with van der Waals surface area (Å²) < 4.78 is 5.31. The molecule has 0 unspecified atom stereocenters. The minimum Gasteiger partial charge on any atom is -0.462 e. The van der Waals surface area contributed by atoms with E-state index in [9.17, 15) is 4.79 Å². The lowest BCUT2D eigenvalue weighted by molar-refractivity contribution is 0.0759. The third-order valence-electron chi connectivity index (χ3n) is 3.02. The van der Waals surface area contributed by atoms with E-state index >= 15 is 0 Å². The molecule has 0 aliphatic heterocycles. The molecule has 0 atom stereocenters. The molecule has 0 radical (unpaired) electrons. The number of nitrogens with zero attached hydrogens (tertiary/aromatic N) is 2. The molecule has 0 N–H and O–H groups in total. The Kier molecular flexibility index (Phi) is 4.50. The van der Waals surface area contributed by atoms with E-state index in [0.29, 0.717) is 29.6 Å². The minimum atomic E-state index is -0.0950. The van der Waals surface area contributed by atoms with Crippen molar-refractivity contribution < 1.29 is 9.21 Å². The second-order valence-electron chi connectivity index (χ2n) is 4.57. The number of hydrogen-bond acceptors (Lipinski definition) is 5. The normalized spacial score (nSPS) is 10.5. The molecule has 1 amide bonds. The molecular formula is C16H14N2O2S2. The van der Waals surface area contributed by atoms with Crippen LogP contribution in [0.3, 0.4) is 0 Å². The Morgan fingerprint density at radius 3 is 2.95 bits per heavy atom. The third kappa shape index (κ3) is 3.18. The van der Waals surface area contributed by atoms with Gasteiger partial charge in [-0.3, -0.25) is 4.79 Å². The molecule has 0 saturated carbocycles. The Bertz CT molecular complexity index is 745. The molecule has 0 fully saturated rings. The van der Waals surface area contributed by atoms with Crippen LogP contribution >= 0.6 is 22.7 Å². The number of carbonyl (C=O) groups excluding carboxylic acids is 1. The van der Waals surface area contributed by atoms with Crippen molar-refractivity contribution in [3.63, 3.8) is 0 Å². The van der Waals surface area contributed by atoms with Crippen molar-refractivity contribution >= 4 is 28.6 Å². The van der Waals surface area contributed by atoms with Gasteiger partial charge < -0.3 is 9.32 Å². The van der Waals surface area contributed by atoms with E-state index in [1.165, 1.54) is 11.3 Å². The predicted octanol–water partition coefficient (Wildman–Crippen LogP) is 4.29. The predicted molar refractivity (Wildman–Crippen MR) is 89.1 cm³/mol. The molecule has 0 aromatic carbocycles. The average molecular weight is 330 g/mol. The Morgan fingerprint density at radius 1 is 1.36 bits per heavy atom. The first-order valence-corrected chi connectivity index (χ1v) is 8.46. The standard InChI is InChI=1S/C16H14N2O2S2/c1-2-7-18(10-12-5-4-9-21-12)16(19)13-11-22-15(17-13)14-6-3-8-20-14/h2-6,8-9,11H,1,7,10H2. The Balaban J connectivity index is 1.79.